The van der Waals surface area contributed by atoms with Gasteiger partial charge in [-0.1, -0.05) is 43.8 Å². The molecule has 0 saturated heterocycles. The zero-order chi connectivity index (χ0) is 24.9. The number of para-hydroxylation sites is 1. The molecule has 184 valence electrons. The molecule has 0 aromatic heterocycles. The normalized spacial score (nSPS) is 16.4. The second-order valence-electron chi connectivity index (χ2n) is 8.76. The number of nitrogens with zero attached hydrogens (tertiary/aromatic N) is 3. The van der Waals surface area contributed by atoms with E-state index in [1.54, 1.807) is 19.1 Å². The van der Waals surface area contributed by atoms with Crippen LogP contribution in [0.5, 0.6) is 11.5 Å². The van der Waals surface area contributed by atoms with Crippen molar-refractivity contribution in [3.8, 4) is 11.5 Å². The second-order valence-corrected chi connectivity index (χ2v) is 9.70. The zero-order valence-corrected chi connectivity index (χ0v) is 21.2. The average Bonchev–Trinajstić information content (AvgIpc) is 3.18. The van der Waals surface area contributed by atoms with E-state index in [1.165, 1.54) is 11.8 Å². The highest BCUT2D eigenvalue weighted by atomic mass is 32.2. The zero-order valence-electron chi connectivity index (χ0n) is 20.4. The molecular weight excluding hydrogens is 464 g/mol. The molecule has 1 atom stereocenters. The van der Waals surface area contributed by atoms with Crippen LogP contribution < -0.4 is 14.8 Å². The maximum absolute atomic E-state index is 13.2. The predicted octanol–water partition coefficient (Wildman–Crippen LogP) is 3.80. The van der Waals surface area contributed by atoms with Crippen molar-refractivity contribution in [2.24, 2.45) is 15.9 Å². The Balaban J connectivity index is 1.38. The minimum Gasteiger partial charge on any atom is -0.493 e. The van der Waals surface area contributed by atoms with E-state index in [0.717, 1.165) is 16.8 Å². The Hall–Kier alpha value is -3.33. The van der Waals surface area contributed by atoms with Gasteiger partial charge in [0.05, 0.1) is 25.7 Å². The molecule has 0 radical (unpaired) electrons. The molecule has 2 amide bonds. The number of hydrogen-bond acceptors (Lipinski definition) is 7. The lowest BCUT2D eigenvalue weighted by molar-refractivity contribution is -0.125. The highest BCUT2D eigenvalue weighted by molar-refractivity contribution is 8.14. The van der Waals surface area contributed by atoms with Crippen LogP contribution in [0, 0.1) is 5.92 Å². The Labute approximate surface area is 209 Å². The molecule has 1 N–H and O–H groups in total. The van der Waals surface area contributed by atoms with Crippen LogP contribution in [0.25, 0.3) is 0 Å². The molecule has 35 heavy (non-hydrogen) atoms. The first-order chi connectivity index (χ1) is 16.9. The number of methoxy groups -OCH3 is 2. The number of nitrogens with one attached hydrogen (secondary N) is 1. The van der Waals surface area contributed by atoms with Gasteiger partial charge in [-0.05, 0) is 48.6 Å². The Morgan fingerprint density at radius 3 is 2.66 bits per heavy atom. The van der Waals surface area contributed by atoms with Gasteiger partial charge in [0.1, 0.15) is 11.9 Å². The number of thioether (sulfide) groups is 1. The third-order valence-electron chi connectivity index (χ3n) is 5.76. The lowest BCUT2D eigenvalue weighted by Crippen LogP contribution is -2.42. The molecule has 2 aromatic carbocycles. The summed E-state index contributed by atoms with van der Waals surface area (Å²) in [5.41, 5.74) is 2.64. The van der Waals surface area contributed by atoms with E-state index in [9.17, 15) is 9.59 Å². The van der Waals surface area contributed by atoms with Crippen LogP contribution >= 0.6 is 11.8 Å². The van der Waals surface area contributed by atoms with Crippen molar-refractivity contribution in [3.63, 3.8) is 0 Å². The topological polar surface area (TPSA) is 92.6 Å². The molecular formula is C26H30N4O4S. The molecule has 4 rings (SSSR count). The molecule has 0 aliphatic carbocycles. The Kier molecular flexibility index (Phi) is 7.75. The largest absolute Gasteiger partial charge is 0.493 e. The summed E-state index contributed by atoms with van der Waals surface area (Å²) < 4.78 is 10.6. The molecule has 1 unspecified atom stereocenters. The van der Waals surface area contributed by atoms with E-state index in [1.807, 2.05) is 42.5 Å². The van der Waals surface area contributed by atoms with Gasteiger partial charge >= 0.3 is 0 Å². The number of carbonyl (C=O) groups is 2. The van der Waals surface area contributed by atoms with Crippen molar-refractivity contribution in [3.05, 3.63) is 53.6 Å². The average molecular weight is 495 g/mol. The molecule has 9 heteroatoms. The van der Waals surface area contributed by atoms with Gasteiger partial charge in [0.2, 0.25) is 5.91 Å². The minimum absolute atomic E-state index is 0.0803. The predicted molar refractivity (Wildman–Crippen MR) is 139 cm³/mol. The van der Waals surface area contributed by atoms with E-state index < -0.39 is 6.04 Å². The summed E-state index contributed by atoms with van der Waals surface area (Å²) in [6.07, 6.45) is 1.33. The summed E-state index contributed by atoms with van der Waals surface area (Å²) in [6.45, 7) is 4.64. The van der Waals surface area contributed by atoms with Gasteiger partial charge in [-0.25, -0.2) is 9.89 Å². The van der Waals surface area contributed by atoms with Crippen LogP contribution in [-0.4, -0.2) is 60.3 Å². The third-order valence-corrected chi connectivity index (χ3v) is 6.70. The third kappa shape index (κ3) is 5.51. The lowest BCUT2D eigenvalue weighted by Gasteiger charge is -2.25. The number of carbonyl (C=O) groups excluding carboxylic acids is 2. The second kappa shape index (κ2) is 10.9. The van der Waals surface area contributed by atoms with Gasteiger partial charge in [-0.15, -0.1) is 0 Å². The molecule has 0 fully saturated rings. The van der Waals surface area contributed by atoms with Crippen LogP contribution in [0.2, 0.25) is 0 Å². The maximum atomic E-state index is 13.2. The van der Waals surface area contributed by atoms with Crippen molar-refractivity contribution in [1.29, 1.82) is 0 Å². The molecule has 0 spiro atoms. The quantitative estimate of drug-likeness (QED) is 0.572. The molecule has 8 nitrogen and oxygen atoms in total. The Morgan fingerprint density at radius 2 is 1.91 bits per heavy atom. The fourth-order valence-electron chi connectivity index (χ4n) is 4.06. The van der Waals surface area contributed by atoms with Crippen molar-refractivity contribution in [2.45, 2.75) is 32.7 Å². The molecule has 0 saturated carbocycles. The minimum atomic E-state index is -0.419. The molecule has 2 aliphatic rings. The van der Waals surface area contributed by atoms with Gasteiger partial charge in [-0.3, -0.25) is 14.6 Å². The standard InChI is InChI=1S/C26H30N4O4S/c1-16(2)13-20-25(32)30-24(28-20)18-7-5-6-8-19(18)29-26(30)35-15-23(31)27-12-11-17-9-10-21(33-3)22(14-17)34-4/h5-10,14,16,20H,11-13,15H2,1-4H3,(H,27,31). The van der Waals surface area contributed by atoms with E-state index in [0.29, 0.717) is 47.8 Å². The Bertz CT molecular complexity index is 1180. The lowest BCUT2D eigenvalue weighted by atomic mass is 10.0. The number of aliphatic imine (C=N–C) groups is 2. The fourth-order valence-corrected chi connectivity index (χ4v) is 4.89. The number of fused-ring (bicyclic) bond motifs is 3. The monoisotopic (exact) mass is 494 g/mol. The van der Waals surface area contributed by atoms with Crippen molar-refractivity contribution in [1.82, 2.24) is 10.2 Å². The first-order valence-corrected chi connectivity index (χ1v) is 12.6. The van der Waals surface area contributed by atoms with Crippen LogP contribution in [-0.2, 0) is 16.0 Å². The molecule has 2 aromatic rings. The van der Waals surface area contributed by atoms with Crippen LogP contribution in [0.4, 0.5) is 5.69 Å². The van der Waals surface area contributed by atoms with Gasteiger partial charge < -0.3 is 14.8 Å². The Morgan fingerprint density at radius 1 is 1.14 bits per heavy atom. The molecule has 2 aliphatic heterocycles. The summed E-state index contributed by atoms with van der Waals surface area (Å²) in [5, 5.41) is 3.44. The smallest absolute Gasteiger partial charge is 0.259 e. The van der Waals surface area contributed by atoms with E-state index in [-0.39, 0.29) is 17.6 Å². The number of hydrogen-bond donors (Lipinski definition) is 1. The van der Waals surface area contributed by atoms with Crippen LogP contribution in [0.15, 0.2) is 52.4 Å². The van der Waals surface area contributed by atoms with E-state index in [4.69, 9.17) is 14.5 Å². The SMILES string of the molecule is COc1ccc(CCNC(=O)CSC2=Nc3ccccc3C3=NC(CC(C)C)C(=O)N23)cc1OC. The number of amidine groups is 2. The van der Waals surface area contributed by atoms with Gasteiger partial charge in [-0.2, -0.15) is 0 Å². The summed E-state index contributed by atoms with van der Waals surface area (Å²) in [7, 11) is 3.19. The number of amides is 2. The summed E-state index contributed by atoms with van der Waals surface area (Å²) in [4.78, 5) is 36.7. The van der Waals surface area contributed by atoms with E-state index in [2.05, 4.69) is 24.2 Å². The van der Waals surface area contributed by atoms with Gasteiger partial charge in [0.15, 0.2) is 16.7 Å². The summed E-state index contributed by atoms with van der Waals surface area (Å²) in [5.74, 6) is 2.24. The van der Waals surface area contributed by atoms with E-state index >= 15 is 0 Å². The fraction of sp³-hybridized carbons (Fsp3) is 0.385. The summed E-state index contributed by atoms with van der Waals surface area (Å²) in [6, 6.07) is 12.9. The summed E-state index contributed by atoms with van der Waals surface area (Å²) >= 11 is 1.25. The number of benzene rings is 2. The first-order valence-electron chi connectivity index (χ1n) is 11.6. The van der Waals surface area contributed by atoms with Crippen molar-refractivity contribution in [2.75, 3.05) is 26.5 Å². The van der Waals surface area contributed by atoms with Crippen LogP contribution in [0.1, 0.15) is 31.4 Å². The van der Waals surface area contributed by atoms with Crippen molar-refractivity contribution < 1.29 is 19.1 Å². The highest BCUT2D eigenvalue weighted by Crippen LogP contribution is 2.34. The number of rotatable bonds is 9. The van der Waals surface area contributed by atoms with Gasteiger partial charge in [0.25, 0.3) is 5.91 Å². The highest BCUT2D eigenvalue weighted by Gasteiger charge is 2.41. The van der Waals surface area contributed by atoms with Crippen LogP contribution in [0.3, 0.4) is 0 Å². The first kappa shape index (κ1) is 24.8. The number of ether oxygens (including phenoxy) is 2. The molecule has 2 heterocycles. The van der Waals surface area contributed by atoms with Gasteiger partial charge in [0, 0.05) is 12.1 Å². The molecule has 0 bridgehead atoms. The maximum Gasteiger partial charge on any atom is 0.259 e. The van der Waals surface area contributed by atoms with Crippen molar-refractivity contribution >= 4 is 40.3 Å².